The number of phenolic OH excluding ortho intramolecular Hbond substituents is 1. The molecule has 1 saturated heterocycles. The molecule has 2 aromatic carbocycles. The van der Waals surface area contributed by atoms with Crippen molar-refractivity contribution in [3.63, 3.8) is 0 Å². The third-order valence-electron chi connectivity index (χ3n) is 5.21. The maximum Gasteiger partial charge on any atom is 0.257 e. The second-order valence-corrected chi connectivity index (χ2v) is 6.95. The van der Waals surface area contributed by atoms with Crippen LogP contribution in [0.2, 0.25) is 0 Å². The van der Waals surface area contributed by atoms with E-state index in [1.54, 1.807) is 41.8 Å². The molecule has 27 heavy (non-hydrogen) atoms. The van der Waals surface area contributed by atoms with Gasteiger partial charge in [-0.1, -0.05) is 12.1 Å². The molecule has 0 bridgehead atoms. The summed E-state index contributed by atoms with van der Waals surface area (Å²) in [6.45, 7) is 6.77. The van der Waals surface area contributed by atoms with Crippen molar-refractivity contribution in [1.29, 1.82) is 0 Å². The van der Waals surface area contributed by atoms with E-state index in [-0.39, 0.29) is 23.1 Å². The van der Waals surface area contributed by atoms with Crippen molar-refractivity contribution in [2.24, 2.45) is 0 Å². The lowest BCUT2D eigenvalue weighted by Crippen LogP contribution is -2.50. The summed E-state index contributed by atoms with van der Waals surface area (Å²) in [6.07, 6.45) is 0. The number of aryl methyl sites for hydroxylation is 2. The molecule has 142 valence electrons. The van der Waals surface area contributed by atoms with E-state index in [9.17, 15) is 19.1 Å². The van der Waals surface area contributed by atoms with Crippen LogP contribution in [0, 0.1) is 26.6 Å². The Morgan fingerprint density at radius 2 is 1.44 bits per heavy atom. The SMILES string of the molecule is Cc1ccc(C(=O)N2CCN(C(=O)c3ccc(C)c(C)c3O)CC2)cc1F. The Kier molecular flexibility index (Phi) is 5.17. The minimum atomic E-state index is -0.403. The van der Waals surface area contributed by atoms with Crippen LogP contribution < -0.4 is 0 Å². The number of aromatic hydroxyl groups is 1. The fourth-order valence-corrected chi connectivity index (χ4v) is 3.17. The zero-order valence-electron chi connectivity index (χ0n) is 15.8. The zero-order chi connectivity index (χ0) is 19.7. The lowest BCUT2D eigenvalue weighted by Gasteiger charge is -2.35. The van der Waals surface area contributed by atoms with Gasteiger partial charge in [-0.15, -0.1) is 0 Å². The molecule has 0 saturated carbocycles. The molecular weight excluding hydrogens is 347 g/mol. The van der Waals surface area contributed by atoms with Crippen LogP contribution in [-0.2, 0) is 0 Å². The smallest absolute Gasteiger partial charge is 0.257 e. The van der Waals surface area contributed by atoms with E-state index in [0.29, 0.717) is 42.9 Å². The van der Waals surface area contributed by atoms with Crippen LogP contribution in [0.15, 0.2) is 30.3 Å². The van der Waals surface area contributed by atoms with Crippen molar-refractivity contribution in [3.05, 3.63) is 64.0 Å². The van der Waals surface area contributed by atoms with Crippen molar-refractivity contribution >= 4 is 11.8 Å². The Morgan fingerprint density at radius 3 is 2.04 bits per heavy atom. The third-order valence-corrected chi connectivity index (χ3v) is 5.21. The molecule has 0 aromatic heterocycles. The molecule has 6 heteroatoms. The normalized spacial score (nSPS) is 14.4. The highest BCUT2D eigenvalue weighted by Gasteiger charge is 2.27. The van der Waals surface area contributed by atoms with Crippen LogP contribution in [0.25, 0.3) is 0 Å². The van der Waals surface area contributed by atoms with Crippen molar-refractivity contribution in [2.45, 2.75) is 20.8 Å². The maximum atomic E-state index is 13.7. The number of amides is 2. The van der Waals surface area contributed by atoms with Gasteiger partial charge >= 0.3 is 0 Å². The van der Waals surface area contributed by atoms with Gasteiger partial charge in [0, 0.05) is 31.7 Å². The number of halogens is 1. The van der Waals surface area contributed by atoms with E-state index in [2.05, 4.69) is 0 Å². The van der Waals surface area contributed by atoms with Gasteiger partial charge in [-0.05, 0) is 55.7 Å². The summed E-state index contributed by atoms with van der Waals surface area (Å²) in [6, 6.07) is 7.90. The summed E-state index contributed by atoms with van der Waals surface area (Å²) in [4.78, 5) is 28.5. The lowest BCUT2D eigenvalue weighted by molar-refractivity contribution is 0.0533. The van der Waals surface area contributed by atoms with Crippen LogP contribution in [0.5, 0.6) is 5.75 Å². The van der Waals surface area contributed by atoms with E-state index in [1.807, 2.05) is 13.0 Å². The first kappa shape index (κ1) is 18.9. The highest BCUT2D eigenvalue weighted by molar-refractivity contribution is 5.98. The molecule has 1 fully saturated rings. The molecule has 0 radical (unpaired) electrons. The first-order valence-corrected chi connectivity index (χ1v) is 8.93. The van der Waals surface area contributed by atoms with Gasteiger partial charge in [0.15, 0.2) is 0 Å². The molecule has 1 N–H and O–H groups in total. The molecule has 2 amide bonds. The number of hydrogen-bond donors (Lipinski definition) is 1. The fraction of sp³-hybridized carbons (Fsp3) is 0.333. The Bertz CT molecular complexity index is 903. The van der Waals surface area contributed by atoms with E-state index in [1.165, 1.54) is 6.07 Å². The highest BCUT2D eigenvalue weighted by Crippen LogP contribution is 2.26. The van der Waals surface area contributed by atoms with Gasteiger partial charge in [0.1, 0.15) is 11.6 Å². The summed E-state index contributed by atoms with van der Waals surface area (Å²) in [5.74, 6) is -0.882. The number of nitrogens with zero attached hydrogens (tertiary/aromatic N) is 2. The lowest BCUT2D eigenvalue weighted by atomic mass is 10.0. The summed E-state index contributed by atoms with van der Waals surface area (Å²) in [7, 11) is 0. The number of carbonyl (C=O) groups is 2. The Labute approximate surface area is 158 Å². The van der Waals surface area contributed by atoms with E-state index < -0.39 is 5.82 Å². The number of rotatable bonds is 2. The molecule has 1 aliphatic rings. The van der Waals surface area contributed by atoms with Crippen molar-refractivity contribution in [1.82, 2.24) is 9.80 Å². The molecule has 1 heterocycles. The zero-order valence-corrected chi connectivity index (χ0v) is 15.8. The molecule has 3 rings (SSSR count). The molecule has 0 aliphatic carbocycles. The minimum Gasteiger partial charge on any atom is -0.507 e. The number of benzene rings is 2. The average Bonchev–Trinajstić information content (AvgIpc) is 2.67. The predicted octanol–water partition coefficient (Wildman–Crippen LogP) is 3.05. The number of hydrogen-bond acceptors (Lipinski definition) is 3. The standard InChI is InChI=1S/C21H23FN2O3/c1-13-5-7-17(19(25)15(13)3)21(27)24-10-8-23(9-11-24)20(26)16-6-4-14(2)18(22)12-16/h4-7,12,25H,8-11H2,1-3H3. The third kappa shape index (κ3) is 3.65. The van der Waals surface area contributed by atoms with E-state index >= 15 is 0 Å². The predicted molar refractivity (Wildman–Crippen MR) is 101 cm³/mol. The maximum absolute atomic E-state index is 13.7. The van der Waals surface area contributed by atoms with Gasteiger partial charge < -0.3 is 14.9 Å². The molecule has 0 unspecified atom stereocenters. The van der Waals surface area contributed by atoms with Crippen LogP contribution in [0.4, 0.5) is 4.39 Å². The van der Waals surface area contributed by atoms with Crippen molar-refractivity contribution < 1.29 is 19.1 Å². The van der Waals surface area contributed by atoms with Crippen LogP contribution >= 0.6 is 0 Å². The molecule has 0 atom stereocenters. The molecule has 5 nitrogen and oxygen atoms in total. The molecule has 1 aliphatic heterocycles. The van der Waals surface area contributed by atoms with Gasteiger partial charge in [0.25, 0.3) is 11.8 Å². The number of carbonyl (C=O) groups excluding carboxylic acids is 2. The Morgan fingerprint density at radius 1 is 0.889 bits per heavy atom. The van der Waals surface area contributed by atoms with E-state index in [4.69, 9.17) is 0 Å². The molecular formula is C21H23FN2O3. The van der Waals surface area contributed by atoms with Gasteiger partial charge in [0.05, 0.1) is 5.56 Å². The summed E-state index contributed by atoms with van der Waals surface area (Å²) in [5, 5.41) is 10.3. The Hall–Kier alpha value is -2.89. The van der Waals surface area contributed by atoms with Crippen LogP contribution in [0.1, 0.15) is 37.4 Å². The van der Waals surface area contributed by atoms with Gasteiger partial charge in [0.2, 0.25) is 0 Å². The topological polar surface area (TPSA) is 60.9 Å². The second-order valence-electron chi connectivity index (χ2n) is 6.95. The monoisotopic (exact) mass is 370 g/mol. The van der Waals surface area contributed by atoms with Crippen molar-refractivity contribution in [3.8, 4) is 5.75 Å². The first-order chi connectivity index (χ1) is 12.8. The Balaban J connectivity index is 1.68. The average molecular weight is 370 g/mol. The summed E-state index contributed by atoms with van der Waals surface area (Å²) < 4.78 is 13.7. The number of phenols is 1. The van der Waals surface area contributed by atoms with Gasteiger partial charge in [-0.3, -0.25) is 9.59 Å². The van der Waals surface area contributed by atoms with E-state index in [0.717, 1.165) is 5.56 Å². The largest absolute Gasteiger partial charge is 0.507 e. The van der Waals surface area contributed by atoms with Gasteiger partial charge in [-0.25, -0.2) is 4.39 Å². The van der Waals surface area contributed by atoms with Crippen molar-refractivity contribution in [2.75, 3.05) is 26.2 Å². The highest BCUT2D eigenvalue weighted by atomic mass is 19.1. The summed E-state index contributed by atoms with van der Waals surface area (Å²) >= 11 is 0. The molecule has 0 spiro atoms. The van der Waals surface area contributed by atoms with Crippen LogP contribution in [0.3, 0.4) is 0 Å². The fourth-order valence-electron chi connectivity index (χ4n) is 3.17. The minimum absolute atomic E-state index is 0.00800. The summed E-state index contributed by atoms with van der Waals surface area (Å²) in [5.41, 5.74) is 2.69. The number of piperazine rings is 1. The van der Waals surface area contributed by atoms with Gasteiger partial charge in [-0.2, -0.15) is 0 Å². The molecule has 2 aromatic rings. The van der Waals surface area contributed by atoms with Crippen LogP contribution in [-0.4, -0.2) is 52.9 Å². The quantitative estimate of drug-likeness (QED) is 0.884. The first-order valence-electron chi connectivity index (χ1n) is 8.93. The second kappa shape index (κ2) is 7.39.